The second-order valence-corrected chi connectivity index (χ2v) is 5.66. The van der Waals surface area contributed by atoms with Gasteiger partial charge in [-0.2, -0.15) is 0 Å². The van der Waals surface area contributed by atoms with Gasteiger partial charge >= 0.3 is 5.97 Å². The Morgan fingerprint density at radius 1 is 1.20 bits per heavy atom. The molecule has 0 radical (unpaired) electrons. The number of nitrogens with zero attached hydrogens (tertiary/aromatic N) is 1. The second-order valence-electron chi connectivity index (χ2n) is 4.85. The van der Waals surface area contributed by atoms with Crippen LogP contribution in [0.1, 0.15) is 32.3 Å². The lowest BCUT2D eigenvalue weighted by Gasteiger charge is -2.28. The van der Waals surface area contributed by atoms with Gasteiger partial charge in [0.05, 0.1) is 16.0 Å². The summed E-state index contributed by atoms with van der Waals surface area (Å²) in [5.74, 6) is -1.76. The molecular formula is C14H17Cl2NO3. The van der Waals surface area contributed by atoms with E-state index in [1.54, 1.807) is 39.0 Å². The summed E-state index contributed by atoms with van der Waals surface area (Å²) in [5, 5.41) is 9.67. The largest absolute Gasteiger partial charge is 0.480 e. The average molecular weight is 318 g/mol. The van der Waals surface area contributed by atoms with Crippen molar-refractivity contribution in [1.82, 2.24) is 4.90 Å². The quantitative estimate of drug-likeness (QED) is 0.905. The summed E-state index contributed by atoms with van der Waals surface area (Å²) in [7, 11) is 0. The first-order valence-electron chi connectivity index (χ1n) is 6.21. The van der Waals surface area contributed by atoms with Gasteiger partial charge in [-0.1, -0.05) is 29.3 Å². The van der Waals surface area contributed by atoms with Crippen LogP contribution in [0.5, 0.6) is 0 Å². The molecule has 0 aliphatic carbocycles. The standard InChI is InChI=1S/C14H17Cl2NO3/c1-8(2)17(7-13(18)19)14(20)9(3)10-4-5-11(15)12(16)6-10/h4-6,8-9H,7H2,1-3H3,(H,18,19). The van der Waals surface area contributed by atoms with Crippen molar-refractivity contribution in [2.75, 3.05) is 6.54 Å². The van der Waals surface area contributed by atoms with Crippen LogP contribution in [0.3, 0.4) is 0 Å². The van der Waals surface area contributed by atoms with Crippen LogP contribution in [0.2, 0.25) is 10.0 Å². The molecule has 0 saturated carbocycles. The lowest BCUT2D eigenvalue weighted by molar-refractivity contribution is -0.146. The number of aliphatic carboxylic acids is 1. The molecule has 0 heterocycles. The molecule has 0 bridgehead atoms. The van der Waals surface area contributed by atoms with Crippen molar-refractivity contribution in [2.24, 2.45) is 0 Å². The van der Waals surface area contributed by atoms with Gasteiger partial charge in [0, 0.05) is 6.04 Å². The lowest BCUT2D eigenvalue weighted by atomic mass is 9.99. The number of hydrogen-bond donors (Lipinski definition) is 1. The highest BCUT2D eigenvalue weighted by atomic mass is 35.5. The van der Waals surface area contributed by atoms with E-state index in [9.17, 15) is 9.59 Å². The molecule has 1 unspecified atom stereocenters. The fraction of sp³-hybridized carbons (Fsp3) is 0.429. The van der Waals surface area contributed by atoms with E-state index in [1.165, 1.54) is 4.90 Å². The summed E-state index contributed by atoms with van der Waals surface area (Å²) in [4.78, 5) is 24.6. The molecule has 0 aromatic heterocycles. The fourth-order valence-corrected chi connectivity index (χ4v) is 2.14. The van der Waals surface area contributed by atoms with Crippen molar-refractivity contribution in [3.63, 3.8) is 0 Å². The number of carbonyl (C=O) groups excluding carboxylic acids is 1. The molecule has 0 saturated heterocycles. The first-order chi connectivity index (χ1) is 9.23. The van der Waals surface area contributed by atoms with Crippen molar-refractivity contribution in [3.8, 4) is 0 Å². The van der Waals surface area contributed by atoms with Crippen LogP contribution < -0.4 is 0 Å². The summed E-state index contributed by atoms with van der Waals surface area (Å²) in [6.07, 6.45) is 0. The summed E-state index contributed by atoms with van der Waals surface area (Å²) >= 11 is 11.8. The molecule has 4 nitrogen and oxygen atoms in total. The number of carboxylic acids is 1. The molecule has 0 aliphatic rings. The van der Waals surface area contributed by atoms with E-state index in [-0.39, 0.29) is 18.5 Å². The van der Waals surface area contributed by atoms with Gasteiger partial charge in [0.2, 0.25) is 5.91 Å². The van der Waals surface area contributed by atoms with Crippen LogP contribution in [0, 0.1) is 0 Å². The predicted molar refractivity (Wildman–Crippen MR) is 79.4 cm³/mol. The van der Waals surface area contributed by atoms with E-state index in [0.29, 0.717) is 15.6 Å². The van der Waals surface area contributed by atoms with Crippen molar-refractivity contribution >= 4 is 35.1 Å². The van der Waals surface area contributed by atoms with Gasteiger partial charge in [-0.15, -0.1) is 0 Å². The van der Waals surface area contributed by atoms with Gasteiger partial charge in [-0.3, -0.25) is 9.59 Å². The molecule has 0 fully saturated rings. The third kappa shape index (κ3) is 4.12. The Hall–Kier alpha value is -1.26. The van der Waals surface area contributed by atoms with Crippen LogP contribution in [0.4, 0.5) is 0 Å². The molecule has 1 aromatic carbocycles. The summed E-state index contributed by atoms with van der Waals surface area (Å²) in [6, 6.07) is 4.78. The Kier molecular flexibility index (Phi) is 5.84. The SMILES string of the molecule is CC(C(=O)N(CC(=O)O)C(C)C)c1ccc(Cl)c(Cl)c1. The van der Waals surface area contributed by atoms with Crippen LogP contribution in [-0.2, 0) is 9.59 Å². The molecule has 1 rings (SSSR count). The van der Waals surface area contributed by atoms with Crippen LogP contribution in [0.25, 0.3) is 0 Å². The van der Waals surface area contributed by atoms with E-state index >= 15 is 0 Å². The van der Waals surface area contributed by atoms with Crippen LogP contribution in [0.15, 0.2) is 18.2 Å². The third-order valence-electron chi connectivity index (χ3n) is 3.03. The minimum absolute atomic E-state index is 0.191. The number of benzene rings is 1. The molecule has 1 amide bonds. The molecule has 6 heteroatoms. The van der Waals surface area contributed by atoms with Crippen molar-refractivity contribution in [2.45, 2.75) is 32.7 Å². The molecule has 0 spiro atoms. The molecule has 0 aliphatic heterocycles. The normalized spacial score (nSPS) is 12.3. The van der Waals surface area contributed by atoms with E-state index in [0.717, 1.165) is 0 Å². The van der Waals surface area contributed by atoms with Crippen LogP contribution >= 0.6 is 23.2 Å². The van der Waals surface area contributed by atoms with E-state index in [4.69, 9.17) is 28.3 Å². The van der Waals surface area contributed by atoms with Crippen molar-refractivity contribution in [3.05, 3.63) is 33.8 Å². The maximum Gasteiger partial charge on any atom is 0.323 e. The smallest absolute Gasteiger partial charge is 0.323 e. The van der Waals surface area contributed by atoms with Gasteiger partial charge in [-0.05, 0) is 38.5 Å². The zero-order valence-corrected chi connectivity index (χ0v) is 13.1. The van der Waals surface area contributed by atoms with Gasteiger partial charge in [0.15, 0.2) is 0 Å². The Balaban J connectivity index is 2.98. The maximum absolute atomic E-state index is 12.4. The molecular weight excluding hydrogens is 301 g/mol. The average Bonchev–Trinajstić information content (AvgIpc) is 2.37. The first kappa shape index (κ1) is 16.8. The van der Waals surface area contributed by atoms with Gasteiger partial charge < -0.3 is 10.0 Å². The number of hydrogen-bond acceptors (Lipinski definition) is 2. The third-order valence-corrected chi connectivity index (χ3v) is 3.77. The van der Waals surface area contributed by atoms with Gasteiger partial charge in [0.1, 0.15) is 6.54 Å². The molecule has 110 valence electrons. The van der Waals surface area contributed by atoms with Gasteiger partial charge in [0.25, 0.3) is 0 Å². The maximum atomic E-state index is 12.4. The van der Waals surface area contributed by atoms with Gasteiger partial charge in [-0.25, -0.2) is 0 Å². The van der Waals surface area contributed by atoms with Crippen molar-refractivity contribution in [1.29, 1.82) is 0 Å². The number of rotatable bonds is 5. The first-order valence-corrected chi connectivity index (χ1v) is 6.96. The molecule has 20 heavy (non-hydrogen) atoms. The Morgan fingerprint density at radius 2 is 1.80 bits per heavy atom. The lowest BCUT2D eigenvalue weighted by Crippen LogP contribution is -2.42. The number of halogens is 2. The van der Waals surface area contributed by atoms with E-state index < -0.39 is 11.9 Å². The molecule has 1 N–H and O–H groups in total. The fourth-order valence-electron chi connectivity index (χ4n) is 1.83. The highest BCUT2D eigenvalue weighted by Gasteiger charge is 2.26. The topological polar surface area (TPSA) is 57.6 Å². The summed E-state index contributed by atoms with van der Waals surface area (Å²) in [5.41, 5.74) is 0.709. The Labute approximate surface area is 128 Å². The Morgan fingerprint density at radius 3 is 2.25 bits per heavy atom. The monoisotopic (exact) mass is 317 g/mol. The highest BCUT2D eigenvalue weighted by molar-refractivity contribution is 6.42. The van der Waals surface area contributed by atoms with Crippen molar-refractivity contribution < 1.29 is 14.7 Å². The zero-order chi connectivity index (χ0) is 15.4. The number of carboxylic acid groups (broad SMARTS) is 1. The minimum Gasteiger partial charge on any atom is -0.480 e. The predicted octanol–water partition coefficient (Wildman–Crippen LogP) is 3.42. The van der Waals surface area contributed by atoms with E-state index in [2.05, 4.69) is 0 Å². The molecule has 1 aromatic rings. The summed E-state index contributed by atoms with van der Waals surface area (Å²) < 4.78 is 0. The van der Waals surface area contributed by atoms with E-state index in [1.807, 2.05) is 0 Å². The second kappa shape index (κ2) is 6.95. The Bertz CT molecular complexity index is 517. The highest BCUT2D eigenvalue weighted by Crippen LogP contribution is 2.27. The minimum atomic E-state index is -1.03. The number of carbonyl (C=O) groups is 2. The zero-order valence-electron chi connectivity index (χ0n) is 11.6. The summed E-state index contributed by atoms with van der Waals surface area (Å²) in [6.45, 7) is 4.96. The van der Waals surface area contributed by atoms with Crippen LogP contribution in [-0.4, -0.2) is 34.5 Å². The molecule has 1 atom stereocenters. The number of amides is 1.